The Labute approximate surface area is 109 Å². The largest absolute Gasteiger partial charge is 0.354 e. The summed E-state index contributed by atoms with van der Waals surface area (Å²) in [5.74, 6) is 2.39. The summed E-state index contributed by atoms with van der Waals surface area (Å²) in [4.78, 5) is 8.85. The molecule has 1 aromatic carbocycles. The van der Waals surface area contributed by atoms with Crippen molar-refractivity contribution in [2.45, 2.75) is 13.3 Å². The molecule has 3 rings (SSSR count). The molecular weight excluding hydrogens is 278 g/mol. The van der Waals surface area contributed by atoms with Gasteiger partial charge in [-0.25, -0.2) is 9.97 Å². The Bertz CT molecular complexity index is 555. The second-order valence-electron chi connectivity index (χ2n) is 4.72. The van der Waals surface area contributed by atoms with Gasteiger partial charge in [0.05, 0.1) is 5.52 Å². The monoisotopic (exact) mass is 291 g/mol. The maximum absolute atomic E-state index is 4.51. The number of nitrogens with one attached hydrogen (secondary N) is 1. The van der Waals surface area contributed by atoms with E-state index in [4.69, 9.17) is 0 Å². The molecule has 1 heterocycles. The van der Waals surface area contributed by atoms with Crippen LogP contribution in [-0.2, 0) is 0 Å². The maximum Gasteiger partial charge on any atom is 0.223 e. The zero-order valence-corrected chi connectivity index (χ0v) is 11.2. The molecule has 4 heteroatoms. The first-order chi connectivity index (χ1) is 8.24. The topological polar surface area (TPSA) is 37.8 Å². The zero-order valence-electron chi connectivity index (χ0n) is 9.65. The molecule has 1 aromatic heterocycles. The van der Waals surface area contributed by atoms with Crippen molar-refractivity contribution in [3.8, 4) is 0 Å². The van der Waals surface area contributed by atoms with Gasteiger partial charge in [0, 0.05) is 22.6 Å². The molecule has 1 saturated carbocycles. The van der Waals surface area contributed by atoms with E-state index in [9.17, 15) is 0 Å². The van der Waals surface area contributed by atoms with Crippen LogP contribution in [0.15, 0.2) is 28.9 Å². The van der Waals surface area contributed by atoms with Crippen molar-refractivity contribution >= 4 is 32.8 Å². The smallest absolute Gasteiger partial charge is 0.223 e. The van der Waals surface area contributed by atoms with Crippen LogP contribution in [0.1, 0.15) is 13.3 Å². The van der Waals surface area contributed by atoms with Crippen LogP contribution in [0.3, 0.4) is 0 Å². The Hall–Kier alpha value is -1.16. The van der Waals surface area contributed by atoms with Crippen LogP contribution < -0.4 is 5.32 Å². The molecule has 3 nitrogen and oxygen atoms in total. The first kappa shape index (κ1) is 11.0. The van der Waals surface area contributed by atoms with Gasteiger partial charge >= 0.3 is 0 Å². The van der Waals surface area contributed by atoms with Gasteiger partial charge in [-0.1, -0.05) is 28.9 Å². The SMILES string of the molecule is CC1CC1CNc1ncc2c(Br)cccc2n1. The second-order valence-corrected chi connectivity index (χ2v) is 5.57. The predicted molar refractivity (Wildman–Crippen MR) is 73.0 cm³/mol. The quantitative estimate of drug-likeness (QED) is 0.941. The van der Waals surface area contributed by atoms with Gasteiger partial charge in [-0.3, -0.25) is 0 Å². The number of benzene rings is 1. The molecule has 2 aromatic rings. The molecule has 2 atom stereocenters. The van der Waals surface area contributed by atoms with E-state index in [1.54, 1.807) is 0 Å². The lowest BCUT2D eigenvalue weighted by atomic mass is 10.2. The van der Waals surface area contributed by atoms with Gasteiger partial charge in [0.25, 0.3) is 0 Å². The summed E-state index contributed by atoms with van der Waals surface area (Å²) in [6.45, 7) is 3.27. The number of fused-ring (bicyclic) bond motifs is 1. The van der Waals surface area contributed by atoms with E-state index in [0.29, 0.717) is 0 Å². The minimum Gasteiger partial charge on any atom is -0.354 e. The molecule has 1 aliphatic carbocycles. The average Bonchev–Trinajstić information content (AvgIpc) is 3.03. The summed E-state index contributed by atoms with van der Waals surface area (Å²) < 4.78 is 1.04. The first-order valence-corrected chi connectivity index (χ1v) is 6.68. The molecule has 0 aliphatic heterocycles. The van der Waals surface area contributed by atoms with Crippen molar-refractivity contribution in [1.29, 1.82) is 0 Å². The van der Waals surface area contributed by atoms with Crippen molar-refractivity contribution in [2.24, 2.45) is 11.8 Å². The van der Waals surface area contributed by atoms with E-state index in [0.717, 1.165) is 39.7 Å². The highest BCUT2D eigenvalue weighted by Crippen LogP contribution is 2.37. The van der Waals surface area contributed by atoms with Gasteiger partial charge in [-0.05, 0) is 30.4 Å². The molecular formula is C13H14BrN3. The van der Waals surface area contributed by atoms with E-state index < -0.39 is 0 Å². The van der Waals surface area contributed by atoms with E-state index in [1.165, 1.54) is 6.42 Å². The average molecular weight is 292 g/mol. The molecule has 0 bridgehead atoms. The summed E-state index contributed by atoms with van der Waals surface area (Å²) >= 11 is 3.50. The van der Waals surface area contributed by atoms with Crippen LogP contribution in [0, 0.1) is 11.8 Å². The molecule has 0 spiro atoms. The van der Waals surface area contributed by atoms with Gasteiger partial charge in [0.2, 0.25) is 5.95 Å². The minimum atomic E-state index is 0.731. The standard InChI is InChI=1S/C13H14BrN3/c1-8-5-9(8)6-15-13-16-7-10-11(14)3-2-4-12(10)17-13/h2-4,7-9H,5-6H2,1H3,(H,15,16,17). The fourth-order valence-electron chi connectivity index (χ4n) is 2.01. The summed E-state index contributed by atoms with van der Waals surface area (Å²) in [7, 11) is 0. The first-order valence-electron chi connectivity index (χ1n) is 5.89. The summed E-state index contributed by atoms with van der Waals surface area (Å²) in [6, 6.07) is 6.00. The number of halogens is 1. The molecule has 0 amide bonds. The number of anilines is 1. The number of aromatic nitrogens is 2. The molecule has 1 N–H and O–H groups in total. The normalized spacial score (nSPS) is 22.7. The number of rotatable bonds is 3. The van der Waals surface area contributed by atoms with Gasteiger partial charge < -0.3 is 5.32 Å². The van der Waals surface area contributed by atoms with Crippen LogP contribution in [0.4, 0.5) is 5.95 Å². The van der Waals surface area contributed by atoms with Crippen molar-refractivity contribution in [3.63, 3.8) is 0 Å². The van der Waals surface area contributed by atoms with Crippen LogP contribution in [-0.4, -0.2) is 16.5 Å². The van der Waals surface area contributed by atoms with Crippen LogP contribution >= 0.6 is 15.9 Å². The zero-order chi connectivity index (χ0) is 11.8. The predicted octanol–water partition coefficient (Wildman–Crippen LogP) is 3.46. The lowest BCUT2D eigenvalue weighted by molar-refractivity contribution is 0.781. The Kier molecular flexibility index (Phi) is 2.74. The fraction of sp³-hybridized carbons (Fsp3) is 0.385. The highest BCUT2D eigenvalue weighted by atomic mass is 79.9. The number of hydrogen-bond donors (Lipinski definition) is 1. The van der Waals surface area contributed by atoms with Crippen LogP contribution in [0.5, 0.6) is 0 Å². The van der Waals surface area contributed by atoms with Crippen LogP contribution in [0.25, 0.3) is 10.9 Å². The lowest BCUT2D eigenvalue weighted by Gasteiger charge is -2.05. The second kappa shape index (κ2) is 4.26. The molecule has 17 heavy (non-hydrogen) atoms. The Morgan fingerprint density at radius 2 is 2.29 bits per heavy atom. The van der Waals surface area contributed by atoms with Crippen molar-refractivity contribution in [3.05, 3.63) is 28.9 Å². The molecule has 1 fully saturated rings. The van der Waals surface area contributed by atoms with Crippen molar-refractivity contribution < 1.29 is 0 Å². The molecule has 0 radical (unpaired) electrons. The highest BCUT2D eigenvalue weighted by molar-refractivity contribution is 9.10. The Morgan fingerprint density at radius 1 is 1.47 bits per heavy atom. The Balaban J connectivity index is 1.81. The van der Waals surface area contributed by atoms with Gasteiger partial charge in [0.1, 0.15) is 0 Å². The van der Waals surface area contributed by atoms with E-state index >= 15 is 0 Å². The third-order valence-electron chi connectivity index (χ3n) is 3.37. The highest BCUT2D eigenvalue weighted by Gasteiger charge is 2.32. The minimum absolute atomic E-state index is 0.731. The maximum atomic E-state index is 4.51. The number of nitrogens with zero attached hydrogens (tertiary/aromatic N) is 2. The third-order valence-corrected chi connectivity index (χ3v) is 4.06. The van der Waals surface area contributed by atoms with Crippen molar-refractivity contribution in [2.75, 3.05) is 11.9 Å². The Morgan fingerprint density at radius 3 is 3.06 bits per heavy atom. The van der Waals surface area contributed by atoms with E-state index in [1.807, 2.05) is 24.4 Å². The van der Waals surface area contributed by atoms with Crippen LogP contribution in [0.2, 0.25) is 0 Å². The van der Waals surface area contributed by atoms with Crippen molar-refractivity contribution in [1.82, 2.24) is 9.97 Å². The summed E-state index contributed by atoms with van der Waals surface area (Å²) in [6.07, 6.45) is 3.19. The molecule has 1 aliphatic rings. The van der Waals surface area contributed by atoms with E-state index in [-0.39, 0.29) is 0 Å². The van der Waals surface area contributed by atoms with Gasteiger partial charge in [-0.15, -0.1) is 0 Å². The molecule has 0 saturated heterocycles. The number of hydrogen-bond acceptors (Lipinski definition) is 3. The van der Waals surface area contributed by atoms with Gasteiger partial charge in [-0.2, -0.15) is 0 Å². The third kappa shape index (κ3) is 2.27. The molecule has 88 valence electrons. The summed E-state index contributed by atoms with van der Waals surface area (Å²) in [5.41, 5.74) is 0.973. The molecule has 2 unspecified atom stereocenters. The lowest BCUT2D eigenvalue weighted by Crippen LogP contribution is -2.07. The van der Waals surface area contributed by atoms with Gasteiger partial charge in [0.15, 0.2) is 0 Å². The van der Waals surface area contributed by atoms with E-state index in [2.05, 4.69) is 38.1 Å². The summed E-state index contributed by atoms with van der Waals surface area (Å²) in [5, 5.41) is 4.36. The fourth-order valence-corrected chi connectivity index (χ4v) is 2.47.